The van der Waals surface area contributed by atoms with Crippen LogP contribution < -0.4 is 4.72 Å². The number of carboxylic acids is 1. The number of hydrogen-bond donors (Lipinski definition) is 3. The Morgan fingerprint density at radius 2 is 2.09 bits per heavy atom. The third kappa shape index (κ3) is 5.77. The number of sulfonamides is 1. The number of aliphatic hydroxyl groups excluding tert-OH is 1. The first-order valence-electron chi connectivity index (χ1n) is 2.68. The van der Waals surface area contributed by atoms with Gasteiger partial charge in [0.1, 0.15) is 0 Å². The fourth-order valence-corrected chi connectivity index (χ4v) is 0.778. The van der Waals surface area contributed by atoms with Gasteiger partial charge < -0.3 is 10.2 Å². The van der Waals surface area contributed by atoms with Crippen molar-refractivity contribution in [3.63, 3.8) is 0 Å². The molecule has 0 heterocycles. The highest BCUT2D eigenvalue weighted by Gasteiger charge is 2.14. The Hall–Kier alpha value is -0.660. The zero-order valence-corrected chi connectivity index (χ0v) is 6.63. The summed E-state index contributed by atoms with van der Waals surface area (Å²) in [5.41, 5.74) is 0. The van der Waals surface area contributed by atoms with Crippen LogP contribution in [0.1, 0.15) is 0 Å². The van der Waals surface area contributed by atoms with Crippen molar-refractivity contribution in [2.24, 2.45) is 0 Å². The lowest BCUT2D eigenvalue weighted by atomic mass is 10.4. The standard InChI is InChI=1S/C4H9NO5S/c1-11(9,10)5-2-3(6)4(7)8/h3,5-6H,2H2,1H3,(H,7,8)/t3-/m0/s1. The van der Waals surface area contributed by atoms with Gasteiger partial charge in [0.15, 0.2) is 6.10 Å². The maximum absolute atomic E-state index is 10.3. The average molecular weight is 183 g/mol. The highest BCUT2D eigenvalue weighted by molar-refractivity contribution is 7.88. The minimum Gasteiger partial charge on any atom is -0.479 e. The predicted molar refractivity (Wildman–Crippen MR) is 36.5 cm³/mol. The van der Waals surface area contributed by atoms with Crippen molar-refractivity contribution >= 4 is 16.0 Å². The molecule has 0 aromatic carbocycles. The zero-order chi connectivity index (χ0) is 9.07. The maximum atomic E-state index is 10.3. The van der Waals surface area contributed by atoms with Gasteiger partial charge in [0, 0.05) is 6.54 Å². The summed E-state index contributed by atoms with van der Waals surface area (Å²) in [5.74, 6) is -1.46. The van der Waals surface area contributed by atoms with Gasteiger partial charge in [0.2, 0.25) is 10.0 Å². The number of rotatable bonds is 4. The minimum atomic E-state index is -3.43. The van der Waals surface area contributed by atoms with Crippen molar-refractivity contribution in [3.8, 4) is 0 Å². The predicted octanol–water partition coefficient (Wildman–Crippen LogP) is -2.02. The Kier molecular flexibility index (Phi) is 3.43. The van der Waals surface area contributed by atoms with Crippen molar-refractivity contribution in [1.29, 1.82) is 0 Å². The number of carbonyl (C=O) groups is 1. The molecule has 0 rings (SSSR count). The van der Waals surface area contributed by atoms with E-state index in [1.807, 2.05) is 4.72 Å². The molecule has 0 aliphatic rings. The normalized spacial score (nSPS) is 14.4. The third-order valence-electron chi connectivity index (χ3n) is 0.824. The van der Waals surface area contributed by atoms with Gasteiger partial charge in [-0.1, -0.05) is 0 Å². The molecule has 0 radical (unpaired) electrons. The SMILES string of the molecule is CS(=O)(=O)NC[C@H](O)C(=O)O. The summed E-state index contributed by atoms with van der Waals surface area (Å²) < 4.78 is 22.5. The molecule has 3 N–H and O–H groups in total. The summed E-state index contributed by atoms with van der Waals surface area (Å²) in [7, 11) is -3.43. The Labute approximate surface area is 63.9 Å². The highest BCUT2D eigenvalue weighted by atomic mass is 32.2. The molecule has 6 nitrogen and oxygen atoms in total. The molecule has 0 aromatic rings. The molecule has 0 aliphatic heterocycles. The molecular weight excluding hydrogens is 174 g/mol. The number of aliphatic hydroxyl groups is 1. The quantitative estimate of drug-likeness (QED) is 0.467. The van der Waals surface area contributed by atoms with E-state index in [1.165, 1.54) is 0 Å². The molecule has 1 atom stereocenters. The van der Waals surface area contributed by atoms with Crippen LogP contribution in [0.3, 0.4) is 0 Å². The van der Waals surface area contributed by atoms with E-state index >= 15 is 0 Å². The molecule has 11 heavy (non-hydrogen) atoms. The van der Waals surface area contributed by atoms with Gasteiger partial charge in [-0.05, 0) is 0 Å². The van der Waals surface area contributed by atoms with Gasteiger partial charge in [-0.15, -0.1) is 0 Å². The lowest BCUT2D eigenvalue weighted by Gasteiger charge is -2.04. The minimum absolute atomic E-state index is 0.506. The van der Waals surface area contributed by atoms with Crippen LogP contribution >= 0.6 is 0 Å². The highest BCUT2D eigenvalue weighted by Crippen LogP contribution is 1.81. The van der Waals surface area contributed by atoms with Crippen molar-refractivity contribution in [2.45, 2.75) is 6.10 Å². The summed E-state index contributed by atoms with van der Waals surface area (Å²) in [4.78, 5) is 9.93. The van der Waals surface area contributed by atoms with E-state index in [2.05, 4.69) is 0 Å². The molecule has 0 aromatic heterocycles. The van der Waals surface area contributed by atoms with Gasteiger partial charge in [0.05, 0.1) is 6.26 Å². The Bertz CT molecular complexity index is 233. The van der Waals surface area contributed by atoms with Crippen molar-refractivity contribution in [3.05, 3.63) is 0 Å². The number of nitrogens with one attached hydrogen (secondary N) is 1. The van der Waals surface area contributed by atoms with Crippen molar-refractivity contribution < 1.29 is 23.4 Å². The average Bonchev–Trinajstić information content (AvgIpc) is 1.80. The Balaban J connectivity index is 3.82. The first-order valence-corrected chi connectivity index (χ1v) is 4.57. The largest absolute Gasteiger partial charge is 0.479 e. The van der Waals surface area contributed by atoms with E-state index < -0.39 is 28.6 Å². The van der Waals surface area contributed by atoms with E-state index in [1.54, 1.807) is 0 Å². The van der Waals surface area contributed by atoms with Gasteiger partial charge in [-0.3, -0.25) is 0 Å². The fraction of sp³-hybridized carbons (Fsp3) is 0.750. The Morgan fingerprint density at radius 1 is 1.64 bits per heavy atom. The number of aliphatic carboxylic acids is 1. The molecular formula is C4H9NO5S. The van der Waals surface area contributed by atoms with Crippen LogP contribution in [0.25, 0.3) is 0 Å². The summed E-state index contributed by atoms with van der Waals surface area (Å²) in [6.45, 7) is -0.506. The lowest BCUT2D eigenvalue weighted by Crippen LogP contribution is -2.35. The number of hydrogen-bond acceptors (Lipinski definition) is 4. The molecule has 7 heteroatoms. The number of carboxylic acid groups (broad SMARTS) is 1. The summed E-state index contributed by atoms with van der Waals surface area (Å²) >= 11 is 0. The topological polar surface area (TPSA) is 104 Å². The van der Waals surface area contributed by atoms with E-state index in [0.717, 1.165) is 6.26 Å². The van der Waals surface area contributed by atoms with Gasteiger partial charge in [0.25, 0.3) is 0 Å². The molecule has 66 valence electrons. The second-order valence-corrected chi connectivity index (χ2v) is 3.81. The second kappa shape index (κ2) is 3.65. The Morgan fingerprint density at radius 3 is 2.36 bits per heavy atom. The van der Waals surface area contributed by atoms with Gasteiger partial charge in [-0.2, -0.15) is 0 Å². The van der Waals surface area contributed by atoms with Crippen LogP contribution in [0.2, 0.25) is 0 Å². The molecule has 0 amide bonds. The maximum Gasteiger partial charge on any atom is 0.333 e. The molecule has 0 saturated carbocycles. The van der Waals surface area contributed by atoms with Crippen LogP contribution in [0.4, 0.5) is 0 Å². The van der Waals surface area contributed by atoms with Gasteiger partial charge >= 0.3 is 5.97 Å². The van der Waals surface area contributed by atoms with Crippen molar-refractivity contribution in [2.75, 3.05) is 12.8 Å². The second-order valence-electron chi connectivity index (χ2n) is 1.97. The van der Waals surface area contributed by atoms with E-state index in [0.29, 0.717) is 0 Å². The monoisotopic (exact) mass is 183 g/mol. The van der Waals surface area contributed by atoms with Crippen LogP contribution in [0, 0.1) is 0 Å². The van der Waals surface area contributed by atoms with Crippen LogP contribution in [-0.2, 0) is 14.8 Å². The first kappa shape index (κ1) is 10.3. The van der Waals surface area contributed by atoms with Gasteiger partial charge in [-0.25, -0.2) is 17.9 Å². The van der Waals surface area contributed by atoms with Crippen molar-refractivity contribution in [1.82, 2.24) is 4.72 Å². The summed E-state index contributed by atoms with van der Waals surface area (Å²) in [6, 6.07) is 0. The van der Waals surface area contributed by atoms with E-state index in [4.69, 9.17) is 10.2 Å². The van der Waals surface area contributed by atoms with E-state index in [9.17, 15) is 13.2 Å². The fourth-order valence-electron chi connectivity index (χ4n) is 0.318. The van der Waals surface area contributed by atoms with Crippen LogP contribution in [-0.4, -0.2) is 43.5 Å². The summed E-state index contributed by atoms with van der Waals surface area (Å²) in [6.07, 6.45) is -0.814. The molecule has 0 saturated heterocycles. The van der Waals surface area contributed by atoms with Crippen LogP contribution in [0.5, 0.6) is 0 Å². The molecule has 0 bridgehead atoms. The smallest absolute Gasteiger partial charge is 0.333 e. The molecule has 0 spiro atoms. The molecule has 0 unspecified atom stereocenters. The molecule has 0 aliphatic carbocycles. The summed E-state index contributed by atoms with van der Waals surface area (Å²) in [5, 5.41) is 16.7. The first-order chi connectivity index (χ1) is 4.83. The van der Waals surface area contributed by atoms with Crippen LogP contribution in [0.15, 0.2) is 0 Å². The lowest BCUT2D eigenvalue weighted by molar-refractivity contribution is -0.146. The third-order valence-corrected chi connectivity index (χ3v) is 1.51. The molecule has 0 fully saturated rings. The zero-order valence-electron chi connectivity index (χ0n) is 5.81. The van der Waals surface area contributed by atoms with E-state index in [-0.39, 0.29) is 0 Å².